The van der Waals surface area contributed by atoms with Crippen LogP contribution in [-0.2, 0) is 45.4 Å². The molecule has 0 unspecified atom stereocenters. The molecule has 8 aromatic rings. The number of pyridine rings is 2. The second kappa shape index (κ2) is 15.3. The Morgan fingerprint density at radius 1 is 0.606 bits per heavy atom. The lowest BCUT2D eigenvalue weighted by Crippen LogP contribution is -2.29. The van der Waals surface area contributed by atoms with Crippen LogP contribution < -0.4 is 10.6 Å². The van der Waals surface area contributed by atoms with Crippen molar-refractivity contribution in [3.63, 3.8) is 0 Å². The van der Waals surface area contributed by atoms with Gasteiger partial charge in [-0.3, -0.25) is 28.0 Å². The number of rotatable bonds is 4. The number of carbonyl (C=O) groups excluding carboxylic acids is 4. The fraction of sp³-hybridized carbons (Fsp3) is 0.208. The maximum atomic E-state index is 15.3. The lowest BCUT2D eigenvalue weighted by molar-refractivity contribution is -0.130. The fourth-order valence-electron chi connectivity index (χ4n) is 9.80. The molecule has 14 nitrogen and oxygen atoms in total. The van der Waals surface area contributed by atoms with Gasteiger partial charge in [0.15, 0.2) is 34.8 Å². The average molecular weight is 895 g/mol. The van der Waals surface area contributed by atoms with Gasteiger partial charge < -0.3 is 29.6 Å². The maximum absolute atomic E-state index is 15.3. The summed E-state index contributed by atoms with van der Waals surface area (Å²) in [4.78, 5) is 61.9. The minimum atomic E-state index is -1.00. The molecule has 6 aromatic heterocycles. The number of Topliss-reactive ketones (excluding diaryl/α,β-unsaturated/α-hetero) is 2. The normalized spacial score (nSPS) is 16.1. The van der Waals surface area contributed by atoms with Crippen molar-refractivity contribution in [3.8, 4) is 0 Å². The smallest absolute Gasteiger partial charge is 0.219 e. The summed E-state index contributed by atoms with van der Waals surface area (Å²) in [5, 5.41) is 6.41. The number of aromatic nitrogens is 6. The Labute approximate surface area is 372 Å². The van der Waals surface area contributed by atoms with Crippen LogP contribution in [-0.4, -0.2) is 87.3 Å². The Morgan fingerprint density at radius 3 is 1.65 bits per heavy atom. The third kappa shape index (κ3) is 6.29. The number of imidazole rings is 2. The van der Waals surface area contributed by atoms with Gasteiger partial charge in [-0.2, -0.15) is 0 Å². The Hall–Kier alpha value is -8.02. The number of amides is 2. The second-order valence-electron chi connectivity index (χ2n) is 16.7. The van der Waals surface area contributed by atoms with Gasteiger partial charge in [-0.15, -0.1) is 0 Å². The van der Waals surface area contributed by atoms with Crippen LogP contribution in [0, 0.1) is 23.3 Å². The first-order valence-electron chi connectivity index (χ1n) is 21.3. The van der Waals surface area contributed by atoms with Crippen molar-refractivity contribution in [1.29, 1.82) is 0 Å². The van der Waals surface area contributed by atoms with E-state index in [-0.39, 0.29) is 60.3 Å². The fourth-order valence-corrected chi connectivity index (χ4v) is 9.80. The van der Waals surface area contributed by atoms with Crippen molar-refractivity contribution < 1.29 is 36.7 Å². The molecule has 0 radical (unpaired) electrons. The molecule has 0 saturated carbocycles. The van der Waals surface area contributed by atoms with Gasteiger partial charge in [0.1, 0.15) is 11.3 Å². The predicted octanol–water partition coefficient (Wildman–Crippen LogP) is 5.94. The molecular formula is C48H38F4N10O4. The number of halogens is 4. The van der Waals surface area contributed by atoms with Gasteiger partial charge in [-0.1, -0.05) is 12.1 Å². The average Bonchev–Trinajstić information content (AvgIpc) is 4.16. The Kier molecular flexibility index (Phi) is 9.45. The van der Waals surface area contributed by atoms with E-state index in [0.29, 0.717) is 105 Å². The highest BCUT2D eigenvalue weighted by atomic mass is 19.2. The van der Waals surface area contributed by atoms with E-state index in [4.69, 9.17) is 0 Å². The molecule has 66 heavy (non-hydrogen) atoms. The van der Waals surface area contributed by atoms with Crippen molar-refractivity contribution in [2.75, 3.05) is 26.2 Å². The van der Waals surface area contributed by atoms with Gasteiger partial charge in [-0.05, 0) is 47.5 Å². The molecule has 0 saturated heterocycles. The van der Waals surface area contributed by atoms with Gasteiger partial charge in [0.2, 0.25) is 11.8 Å². The zero-order chi connectivity index (χ0) is 45.7. The molecule has 0 aliphatic carbocycles. The van der Waals surface area contributed by atoms with Crippen LogP contribution in [0.25, 0.3) is 55.6 Å². The molecule has 2 N–H and O–H groups in total. The quantitative estimate of drug-likeness (QED) is 0.207. The number of fused-ring (bicyclic) bond motifs is 2. The topological polar surface area (TPSA) is 143 Å². The van der Waals surface area contributed by atoms with E-state index in [2.05, 4.69) is 20.6 Å². The summed E-state index contributed by atoms with van der Waals surface area (Å²) in [5.74, 6) is -4.56. The molecule has 18 heteroatoms. The lowest BCUT2D eigenvalue weighted by atomic mass is 9.98. The van der Waals surface area contributed by atoms with Gasteiger partial charge in [-0.25, -0.2) is 27.5 Å². The van der Waals surface area contributed by atoms with Gasteiger partial charge in [0.25, 0.3) is 0 Å². The second-order valence-corrected chi connectivity index (χ2v) is 16.7. The molecule has 10 heterocycles. The van der Waals surface area contributed by atoms with E-state index in [0.717, 1.165) is 12.1 Å². The third-order valence-electron chi connectivity index (χ3n) is 12.9. The van der Waals surface area contributed by atoms with Crippen LogP contribution in [0.5, 0.6) is 0 Å². The van der Waals surface area contributed by atoms with Crippen LogP contribution in [0.1, 0.15) is 47.5 Å². The molecule has 12 rings (SSSR count). The number of ketones is 2. The number of nitrogens with zero attached hydrogens (tertiary/aromatic N) is 8. The summed E-state index contributed by atoms with van der Waals surface area (Å²) in [7, 11) is 0. The summed E-state index contributed by atoms with van der Waals surface area (Å²) >= 11 is 0. The van der Waals surface area contributed by atoms with Crippen LogP contribution in [0.15, 0.2) is 85.7 Å². The van der Waals surface area contributed by atoms with E-state index in [1.54, 1.807) is 39.0 Å². The number of carbonyl (C=O) groups is 4. The number of nitrogens with one attached hydrogen (secondary N) is 2. The third-order valence-corrected chi connectivity index (χ3v) is 12.9. The van der Waals surface area contributed by atoms with Crippen LogP contribution >= 0.6 is 0 Å². The zero-order valence-corrected chi connectivity index (χ0v) is 35.5. The van der Waals surface area contributed by atoms with E-state index in [1.807, 2.05) is 62.3 Å². The lowest BCUT2D eigenvalue weighted by Gasteiger charge is -2.18. The van der Waals surface area contributed by atoms with Crippen LogP contribution in [0.2, 0.25) is 0 Å². The van der Waals surface area contributed by atoms with Crippen LogP contribution in [0.3, 0.4) is 0 Å². The van der Waals surface area contributed by atoms with Crippen molar-refractivity contribution in [2.24, 2.45) is 0 Å². The van der Waals surface area contributed by atoms with E-state index in [9.17, 15) is 28.0 Å². The first kappa shape index (κ1) is 40.7. The van der Waals surface area contributed by atoms with Crippen molar-refractivity contribution in [2.45, 2.75) is 40.0 Å². The summed E-state index contributed by atoms with van der Waals surface area (Å²) in [5.41, 5.74) is 7.19. The van der Waals surface area contributed by atoms with Crippen LogP contribution in [0.4, 0.5) is 17.6 Å². The molecule has 0 spiro atoms. The van der Waals surface area contributed by atoms with Crippen molar-refractivity contribution >= 4 is 79.0 Å². The Morgan fingerprint density at radius 2 is 1.09 bits per heavy atom. The highest BCUT2D eigenvalue weighted by Gasteiger charge is 2.35. The molecule has 4 aliphatic heterocycles. The highest BCUT2D eigenvalue weighted by Crippen LogP contribution is 2.41. The molecule has 2 aromatic carbocycles. The number of benzene rings is 2. The molecule has 4 aliphatic rings. The Bertz CT molecular complexity index is 3520. The van der Waals surface area contributed by atoms with Gasteiger partial charge in [0.05, 0.1) is 70.4 Å². The summed E-state index contributed by atoms with van der Waals surface area (Å²) in [6.45, 7) is 5.07. The van der Waals surface area contributed by atoms with Crippen molar-refractivity contribution in [3.05, 3.63) is 143 Å². The monoisotopic (exact) mass is 894 g/mol. The Balaban J connectivity index is 0.000000146. The predicted molar refractivity (Wildman–Crippen MR) is 236 cm³/mol. The van der Waals surface area contributed by atoms with Crippen molar-refractivity contribution in [1.82, 2.24) is 48.3 Å². The minimum Gasteiger partial charge on any atom is -0.376 e. The minimum absolute atomic E-state index is 0.0549. The highest BCUT2D eigenvalue weighted by molar-refractivity contribution is 6.34. The first-order chi connectivity index (χ1) is 31.9. The molecule has 332 valence electrons. The SMILES string of the molecule is CC(=O)N1CCn2cc(C3=C(c4cnc5ccccn45)C(=O)CN3)c3c(F)c(F)cc(c32)C1.CC(=O)N1CCn2cc(C3=C(c4cnc5ccccn45)NCC3=O)c3c(F)c(F)cc(c32)C1. The summed E-state index contributed by atoms with van der Waals surface area (Å²) in [6, 6.07) is 13.4. The molecule has 2 amide bonds. The van der Waals surface area contributed by atoms with E-state index < -0.39 is 23.3 Å². The standard InChI is InChI=1S/2C24H19F2N5O2/c1-13(32)29-6-7-30-12-15(20-22(26)16(25)8-14(11-29)24(20)30)23-21(18(33)10-28-23)17-9-27-19-4-2-3-5-31(17)19;1-13(32)29-6-7-30-12-15(21-22(26)16(25)8-14(11-29)24(21)30)20-18(33)10-28-23(20)17-9-27-19-4-2-3-5-31(17)19/h2*2-5,8-9,12,28H,6-7,10-11H2,1H3. The number of hydrogen-bond acceptors (Lipinski definition) is 8. The zero-order valence-electron chi connectivity index (χ0n) is 35.5. The maximum Gasteiger partial charge on any atom is 0.219 e. The first-order valence-corrected chi connectivity index (χ1v) is 21.3. The van der Waals surface area contributed by atoms with Gasteiger partial charge >= 0.3 is 0 Å². The van der Waals surface area contributed by atoms with Gasteiger partial charge in [0, 0.05) is 99.8 Å². The molecule has 0 atom stereocenters. The van der Waals surface area contributed by atoms with E-state index in [1.165, 1.54) is 13.8 Å². The number of hydrogen-bond donors (Lipinski definition) is 2. The summed E-state index contributed by atoms with van der Waals surface area (Å²) < 4.78 is 67.2. The summed E-state index contributed by atoms with van der Waals surface area (Å²) in [6.07, 6.45) is 10.4. The molecule has 0 bridgehead atoms. The molecule has 0 fully saturated rings. The largest absolute Gasteiger partial charge is 0.376 e. The van der Waals surface area contributed by atoms with E-state index >= 15 is 8.78 Å². The molecular weight excluding hydrogens is 857 g/mol.